The van der Waals surface area contributed by atoms with Crippen molar-refractivity contribution in [3.05, 3.63) is 0 Å². The Kier molecular flexibility index (Phi) is 2.25. The first-order valence-corrected chi connectivity index (χ1v) is 6.02. The fourth-order valence-electron chi connectivity index (χ4n) is 2.49. The second kappa shape index (κ2) is 3.62. The minimum Gasteiger partial charge on any atom is -0.270 e. The molecule has 1 fully saturated rings. The zero-order valence-corrected chi connectivity index (χ0v) is 11.2. The molecule has 0 aliphatic carbocycles. The van der Waals surface area contributed by atoms with Crippen molar-refractivity contribution >= 4 is 29.4 Å². The molecule has 100 valence electrons. The van der Waals surface area contributed by atoms with E-state index < -0.39 is 6.04 Å². The van der Waals surface area contributed by atoms with E-state index in [0.29, 0.717) is 11.8 Å². The van der Waals surface area contributed by atoms with Crippen LogP contribution in [0.1, 0.15) is 13.8 Å². The van der Waals surface area contributed by atoms with Crippen molar-refractivity contribution < 1.29 is 14.2 Å². The first kappa shape index (κ1) is 11.8. The van der Waals surface area contributed by atoms with Crippen LogP contribution in [0.5, 0.6) is 0 Å². The number of hydrazone groups is 1. The van der Waals surface area contributed by atoms with Gasteiger partial charge in [0, 0.05) is 14.1 Å². The number of hydrogen-bond donors (Lipinski definition) is 1. The molecule has 0 aromatic heterocycles. The topological polar surface area (TPSA) is 80.4 Å². The van der Waals surface area contributed by atoms with Crippen molar-refractivity contribution in [2.75, 3.05) is 14.1 Å². The van der Waals surface area contributed by atoms with Gasteiger partial charge in [-0.3, -0.25) is 14.6 Å². The lowest BCUT2D eigenvalue weighted by Crippen LogP contribution is -2.63. The lowest BCUT2D eigenvalue weighted by molar-refractivity contribution is -0.555. The monoisotopic (exact) mass is 263 g/mol. The van der Waals surface area contributed by atoms with Crippen LogP contribution in [0.4, 0.5) is 4.79 Å². The standard InChI is InChI=1S/C11H14N6O2/c1-5-6(2)17-7-8(12-10(17)14-13-5)15(3)11(19)16(4)9(7)18/h6-7H,1-4H3/p+1. The van der Waals surface area contributed by atoms with Crippen molar-refractivity contribution in [1.82, 2.24) is 15.2 Å². The molecule has 0 aromatic carbocycles. The Balaban J connectivity index is 2.08. The van der Waals surface area contributed by atoms with Crippen molar-refractivity contribution in [3.63, 3.8) is 0 Å². The summed E-state index contributed by atoms with van der Waals surface area (Å²) in [5, 5.41) is 4.15. The number of guanidine groups is 1. The normalized spacial score (nSPS) is 29.9. The molecule has 3 amide bonds. The second-order valence-electron chi connectivity index (χ2n) is 4.88. The summed E-state index contributed by atoms with van der Waals surface area (Å²) in [5.41, 5.74) is 3.69. The minimum atomic E-state index is -0.560. The maximum Gasteiger partial charge on any atom is 0.414 e. The van der Waals surface area contributed by atoms with Crippen LogP contribution >= 0.6 is 0 Å². The van der Waals surface area contributed by atoms with E-state index in [1.807, 2.05) is 18.4 Å². The molecule has 19 heavy (non-hydrogen) atoms. The molecule has 1 N–H and O–H groups in total. The lowest BCUT2D eigenvalue weighted by Gasteiger charge is -2.33. The SMILES string of the molecule is CC1=NNC2=[N+](C1C)C1C(=O)N(C)C(=O)N(C)C1=N2. The molecule has 1 saturated heterocycles. The van der Waals surface area contributed by atoms with Crippen molar-refractivity contribution in [2.24, 2.45) is 10.1 Å². The average Bonchev–Trinajstić information content (AvgIpc) is 2.78. The van der Waals surface area contributed by atoms with E-state index in [-0.39, 0.29) is 18.0 Å². The molecule has 0 bridgehead atoms. The number of nitrogens with one attached hydrogen (secondary N) is 1. The van der Waals surface area contributed by atoms with Gasteiger partial charge in [-0.05, 0) is 13.8 Å². The highest BCUT2D eigenvalue weighted by molar-refractivity contribution is 6.23. The van der Waals surface area contributed by atoms with Crippen molar-refractivity contribution in [3.8, 4) is 0 Å². The van der Waals surface area contributed by atoms with Crippen molar-refractivity contribution in [2.45, 2.75) is 25.9 Å². The fraction of sp³-hybridized carbons (Fsp3) is 0.545. The van der Waals surface area contributed by atoms with Crippen LogP contribution in [-0.4, -0.2) is 70.0 Å². The van der Waals surface area contributed by atoms with E-state index in [1.54, 1.807) is 7.05 Å². The van der Waals surface area contributed by atoms with Gasteiger partial charge in [-0.1, -0.05) is 4.99 Å². The average molecular weight is 263 g/mol. The smallest absolute Gasteiger partial charge is 0.270 e. The summed E-state index contributed by atoms with van der Waals surface area (Å²) >= 11 is 0. The molecule has 3 aliphatic heterocycles. The van der Waals surface area contributed by atoms with Gasteiger partial charge in [-0.2, -0.15) is 5.43 Å². The van der Waals surface area contributed by atoms with Gasteiger partial charge in [0.25, 0.3) is 5.91 Å². The Labute approximate surface area is 110 Å². The molecule has 0 aromatic rings. The highest BCUT2D eigenvalue weighted by Crippen LogP contribution is 2.21. The van der Waals surface area contributed by atoms with Gasteiger partial charge in [-0.15, -0.1) is 5.10 Å². The van der Waals surface area contributed by atoms with Gasteiger partial charge >= 0.3 is 12.0 Å². The Hall–Kier alpha value is -2.25. The molecule has 0 radical (unpaired) electrons. The number of imide groups is 1. The maximum atomic E-state index is 12.3. The molecule has 8 heteroatoms. The third kappa shape index (κ3) is 1.36. The maximum absolute atomic E-state index is 12.3. The summed E-state index contributed by atoms with van der Waals surface area (Å²) in [6.45, 7) is 3.85. The Morgan fingerprint density at radius 2 is 1.95 bits per heavy atom. The van der Waals surface area contributed by atoms with Gasteiger partial charge in [-0.25, -0.2) is 9.37 Å². The zero-order chi connectivity index (χ0) is 13.9. The summed E-state index contributed by atoms with van der Waals surface area (Å²) in [5.74, 6) is 0.703. The van der Waals surface area contributed by atoms with E-state index in [4.69, 9.17) is 0 Å². The Morgan fingerprint density at radius 3 is 2.63 bits per heavy atom. The summed E-state index contributed by atoms with van der Waals surface area (Å²) in [6.07, 6.45) is 0. The van der Waals surface area contributed by atoms with E-state index in [2.05, 4.69) is 15.5 Å². The summed E-state index contributed by atoms with van der Waals surface area (Å²) < 4.78 is 1.86. The first-order valence-electron chi connectivity index (χ1n) is 6.02. The van der Waals surface area contributed by atoms with Crippen LogP contribution in [0.3, 0.4) is 0 Å². The fourth-order valence-corrected chi connectivity index (χ4v) is 2.49. The number of amidine groups is 1. The molecule has 3 rings (SSSR count). The van der Waals surface area contributed by atoms with E-state index in [9.17, 15) is 9.59 Å². The van der Waals surface area contributed by atoms with Crippen LogP contribution in [0.25, 0.3) is 0 Å². The van der Waals surface area contributed by atoms with Crippen LogP contribution in [0, 0.1) is 0 Å². The van der Waals surface area contributed by atoms with E-state index in [0.717, 1.165) is 10.6 Å². The molecule has 3 aliphatic rings. The molecule has 0 saturated carbocycles. The molecular formula is C11H15N6O2+. The summed E-state index contributed by atoms with van der Waals surface area (Å²) in [6, 6.07) is -0.970. The quantitative estimate of drug-likeness (QED) is 0.571. The van der Waals surface area contributed by atoms with Gasteiger partial charge in [0.15, 0.2) is 0 Å². The van der Waals surface area contributed by atoms with Gasteiger partial charge in [0.2, 0.25) is 11.9 Å². The number of rotatable bonds is 0. The highest BCUT2D eigenvalue weighted by atomic mass is 16.2. The molecule has 2 unspecified atom stereocenters. The minimum absolute atomic E-state index is 0.0403. The molecule has 2 atom stereocenters. The number of carbonyl (C=O) groups is 2. The summed E-state index contributed by atoms with van der Waals surface area (Å²) in [7, 11) is 3.10. The number of amides is 3. The predicted molar refractivity (Wildman–Crippen MR) is 68.1 cm³/mol. The van der Waals surface area contributed by atoms with Crippen LogP contribution < -0.4 is 5.43 Å². The number of carbonyl (C=O) groups excluding carboxylic acids is 2. The highest BCUT2D eigenvalue weighted by Gasteiger charge is 2.53. The number of fused-ring (bicyclic) bond motifs is 2. The molecular weight excluding hydrogens is 248 g/mol. The molecule has 0 spiro atoms. The van der Waals surface area contributed by atoms with Crippen LogP contribution in [0.15, 0.2) is 10.1 Å². The third-order valence-electron chi connectivity index (χ3n) is 3.82. The van der Waals surface area contributed by atoms with Gasteiger partial charge in [0.1, 0.15) is 6.04 Å². The van der Waals surface area contributed by atoms with Gasteiger partial charge in [0.05, 0.1) is 5.71 Å². The third-order valence-corrected chi connectivity index (χ3v) is 3.82. The number of aliphatic imine (C=N–C) groups is 1. The number of hydrogen-bond acceptors (Lipinski definition) is 5. The van der Waals surface area contributed by atoms with Crippen LogP contribution in [-0.2, 0) is 4.79 Å². The van der Waals surface area contributed by atoms with Gasteiger partial charge < -0.3 is 0 Å². The lowest BCUT2D eigenvalue weighted by atomic mass is 10.1. The Bertz CT molecular complexity index is 590. The number of urea groups is 1. The van der Waals surface area contributed by atoms with Crippen LogP contribution in [0.2, 0.25) is 0 Å². The zero-order valence-electron chi connectivity index (χ0n) is 11.2. The van der Waals surface area contributed by atoms with E-state index in [1.165, 1.54) is 11.9 Å². The summed E-state index contributed by atoms with van der Waals surface area (Å²) in [4.78, 5) is 31.1. The Morgan fingerprint density at radius 1 is 1.26 bits per heavy atom. The first-order chi connectivity index (χ1) is 8.93. The largest absolute Gasteiger partial charge is 0.414 e. The molecule has 3 heterocycles. The number of nitrogens with zero attached hydrogens (tertiary/aromatic N) is 5. The second-order valence-corrected chi connectivity index (χ2v) is 4.88. The van der Waals surface area contributed by atoms with E-state index >= 15 is 0 Å². The number of likely N-dealkylation sites (N-methyl/N-ethyl adjacent to an activating group) is 2. The van der Waals surface area contributed by atoms with Crippen molar-refractivity contribution in [1.29, 1.82) is 0 Å². The predicted octanol–water partition coefficient (Wildman–Crippen LogP) is -0.973. The molecule has 8 nitrogen and oxygen atoms in total.